The lowest BCUT2D eigenvalue weighted by Gasteiger charge is -2.36. The van der Waals surface area contributed by atoms with Gasteiger partial charge in [0.15, 0.2) is 0 Å². The van der Waals surface area contributed by atoms with Gasteiger partial charge in [0.2, 0.25) is 5.88 Å². The molecule has 186 valence electrons. The first-order valence-corrected chi connectivity index (χ1v) is 13.3. The minimum absolute atomic E-state index is 0.321. The number of aromatic nitrogens is 2. The fourth-order valence-corrected chi connectivity index (χ4v) is 4.53. The van der Waals surface area contributed by atoms with Crippen molar-refractivity contribution in [2.24, 2.45) is 0 Å². The van der Waals surface area contributed by atoms with Crippen LogP contribution in [0.1, 0.15) is 28.5 Å². The summed E-state index contributed by atoms with van der Waals surface area (Å²) in [6, 6.07) is 10.1. The van der Waals surface area contributed by atoms with Gasteiger partial charge in [0.05, 0.1) is 38.2 Å². The number of anilines is 1. The summed E-state index contributed by atoms with van der Waals surface area (Å²) in [4.78, 5) is 25.4. The van der Waals surface area contributed by atoms with Gasteiger partial charge < -0.3 is 19.1 Å². The SMILES string of the molecule is CCc1cc2cc(OCCI)c(CN3CCN(c4ccc(C(=O)OC)nc4)CC3)cc2nc1OC. The number of alkyl halides is 1. The van der Waals surface area contributed by atoms with Crippen molar-refractivity contribution < 1.29 is 19.0 Å². The van der Waals surface area contributed by atoms with Crippen LogP contribution in [0.3, 0.4) is 0 Å². The highest BCUT2D eigenvalue weighted by Gasteiger charge is 2.20. The molecule has 0 saturated carbocycles. The molecule has 4 rings (SSSR count). The van der Waals surface area contributed by atoms with Crippen molar-refractivity contribution in [1.29, 1.82) is 0 Å². The van der Waals surface area contributed by atoms with E-state index >= 15 is 0 Å². The van der Waals surface area contributed by atoms with Gasteiger partial charge in [-0.05, 0) is 36.8 Å². The van der Waals surface area contributed by atoms with Crippen molar-refractivity contribution in [2.75, 3.05) is 56.3 Å². The Morgan fingerprint density at radius 2 is 1.89 bits per heavy atom. The number of hydrogen-bond donors (Lipinski definition) is 0. The smallest absolute Gasteiger partial charge is 0.356 e. The summed E-state index contributed by atoms with van der Waals surface area (Å²) in [5.74, 6) is 1.19. The first-order chi connectivity index (χ1) is 17.1. The molecule has 2 aromatic heterocycles. The van der Waals surface area contributed by atoms with Gasteiger partial charge >= 0.3 is 5.97 Å². The van der Waals surface area contributed by atoms with E-state index in [9.17, 15) is 4.79 Å². The zero-order chi connectivity index (χ0) is 24.8. The summed E-state index contributed by atoms with van der Waals surface area (Å²) in [6.07, 6.45) is 2.61. The lowest BCUT2D eigenvalue weighted by atomic mass is 10.1. The Labute approximate surface area is 219 Å². The number of aryl methyl sites for hydroxylation is 1. The van der Waals surface area contributed by atoms with Crippen LogP contribution in [-0.4, -0.2) is 72.3 Å². The van der Waals surface area contributed by atoms with Gasteiger partial charge in [-0.15, -0.1) is 0 Å². The zero-order valence-corrected chi connectivity index (χ0v) is 22.6. The monoisotopic (exact) mass is 590 g/mol. The summed E-state index contributed by atoms with van der Waals surface area (Å²) in [5.41, 5.74) is 4.49. The first kappa shape index (κ1) is 25.4. The molecule has 0 spiro atoms. The number of esters is 1. The highest BCUT2D eigenvalue weighted by atomic mass is 127. The Morgan fingerprint density at radius 1 is 1.09 bits per heavy atom. The average Bonchev–Trinajstić information content (AvgIpc) is 2.91. The molecule has 3 heterocycles. The minimum Gasteiger partial charge on any atom is -0.492 e. The molecule has 9 heteroatoms. The van der Waals surface area contributed by atoms with Crippen LogP contribution in [0.25, 0.3) is 10.9 Å². The Bertz CT molecular complexity index is 1160. The molecule has 0 N–H and O–H groups in total. The lowest BCUT2D eigenvalue weighted by molar-refractivity contribution is 0.0594. The molecule has 0 radical (unpaired) electrons. The van der Waals surface area contributed by atoms with Crippen molar-refractivity contribution >= 4 is 45.2 Å². The molecule has 0 atom stereocenters. The molecule has 0 amide bonds. The van der Waals surface area contributed by atoms with Crippen LogP contribution in [-0.2, 0) is 17.7 Å². The standard InChI is InChI=1S/C26H31IN4O4/c1-4-18-13-19-15-24(35-12-7-27)20(14-23(19)29-25(18)33-2)17-30-8-10-31(11-9-30)21-5-6-22(28-16-21)26(32)34-3/h5-6,13-16H,4,7-12,17H2,1-3H3. The van der Waals surface area contributed by atoms with Crippen LogP contribution in [0.2, 0.25) is 0 Å². The highest BCUT2D eigenvalue weighted by molar-refractivity contribution is 14.1. The van der Waals surface area contributed by atoms with Gasteiger partial charge in [0.1, 0.15) is 11.4 Å². The lowest BCUT2D eigenvalue weighted by Crippen LogP contribution is -2.46. The van der Waals surface area contributed by atoms with E-state index in [-0.39, 0.29) is 0 Å². The van der Waals surface area contributed by atoms with Gasteiger partial charge in [-0.25, -0.2) is 14.8 Å². The van der Waals surface area contributed by atoms with Crippen molar-refractivity contribution in [3.05, 3.63) is 53.3 Å². The molecule has 8 nitrogen and oxygen atoms in total. The molecule has 1 aliphatic heterocycles. The van der Waals surface area contributed by atoms with E-state index in [1.807, 2.05) is 6.07 Å². The normalized spacial score (nSPS) is 14.2. The fraction of sp³-hybridized carbons (Fsp3) is 0.423. The summed E-state index contributed by atoms with van der Waals surface area (Å²) >= 11 is 2.33. The number of ether oxygens (including phenoxy) is 3. The summed E-state index contributed by atoms with van der Waals surface area (Å²) in [7, 11) is 3.03. The van der Waals surface area contributed by atoms with E-state index in [0.717, 1.165) is 77.0 Å². The van der Waals surface area contributed by atoms with Crippen LogP contribution in [0.15, 0.2) is 36.5 Å². The summed E-state index contributed by atoms with van der Waals surface area (Å²) in [6.45, 7) is 7.15. The predicted octanol–water partition coefficient (Wildman–Crippen LogP) is 4.12. The number of carbonyl (C=O) groups is 1. The largest absolute Gasteiger partial charge is 0.492 e. The molecule has 1 fully saturated rings. The molecule has 1 saturated heterocycles. The van der Waals surface area contributed by atoms with Crippen molar-refractivity contribution in [1.82, 2.24) is 14.9 Å². The summed E-state index contributed by atoms with van der Waals surface area (Å²) in [5, 5.41) is 1.07. The topological polar surface area (TPSA) is 77.0 Å². The maximum Gasteiger partial charge on any atom is 0.356 e. The second-order valence-electron chi connectivity index (χ2n) is 8.36. The molecule has 0 aliphatic carbocycles. The van der Waals surface area contributed by atoms with E-state index in [1.165, 1.54) is 7.11 Å². The molecular weight excluding hydrogens is 559 g/mol. The van der Waals surface area contributed by atoms with E-state index in [1.54, 1.807) is 19.4 Å². The third kappa shape index (κ3) is 5.95. The second-order valence-corrected chi connectivity index (χ2v) is 9.44. The van der Waals surface area contributed by atoms with Gasteiger partial charge in [-0.3, -0.25) is 4.90 Å². The van der Waals surface area contributed by atoms with Gasteiger partial charge in [0.25, 0.3) is 0 Å². The van der Waals surface area contributed by atoms with Crippen molar-refractivity contribution in [3.8, 4) is 11.6 Å². The van der Waals surface area contributed by atoms with E-state index in [2.05, 4.69) is 62.5 Å². The number of piperazine rings is 1. The molecule has 0 bridgehead atoms. The van der Waals surface area contributed by atoms with Crippen molar-refractivity contribution in [3.63, 3.8) is 0 Å². The van der Waals surface area contributed by atoms with E-state index in [0.29, 0.717) is 18.2 Å². The Kier molecular flexibility index (Phi) is 8.61. The average molecular weight is 590 g/mol. The molecular formula is C26H31IN4O4. The summed E-state index contributed by atoms with van der Waals surface area (Å²) < 4.78 is 17.3. The van der Waals surface area contributed by atoms with Crippen LogP contribution in [0.5, 0.6) is 11.6 Å². The maximum atomic E-state index is 11.6. The molecule has 1 aliphatic rings. The third-order valence-electron chi connectivity index (χ3n) is 6.22. The molecule has 0 unspecified atom stereocenters. The number of hydrogen-bond acceptors (Lipinski definition) is 8. The van der Waals surface area contributed by atoms with Crippen LogP contribution in [0.4, 0.5) is 5.69 Å². The number of fused-ring (bicyclic) bond motifs is 1. The molecule has 1 aromatic carbocycles. The Morgan fingerprint density at radius 3 is 2.51 bits per heavy atom. The number of carbonyl (C=O) groups excluding carboxylic acids is 1. The van der Waals surface area contributed by atoms with Crippen LogP contribution >= 0.6 is 22.6 Å². The molecule has 35 heavy (non-hydrogen) atoms. The van der Waals surface area contributed by atoms with Gasteiger partial charge in [-0.1, -0.05) is 29.5 Å². The minimum atomic E-state index is -0.421. The number of rotatable bonds is 9. The Balaban J connectivity index is 1.49. The number of halogens is 1. The quantitative estimate of drug-likeness (QED) is 0.209. The van der Waals surface area contributed by atoms with Gasteiger partial charge in [0, 0.05) is 53.7 Å². The fourth-order valence-electron chi connectivity index (χ4n) is 4.31. The maximum absolute atomic E-state index is 11.6. The van der Waals surface area contributed by atoms with Gasteiger partial charge in [-0.2, -0.15) is 0 Å². The van der Waals surface area contributed by atoms with Crippen LogP contribution in [0, 0.1) is 0 Å². The third-order valence-corrected chi connectivity index (χ3v) is 6.66. The highest BCUT2D eigenvalue weighted by Crippen LogP contribution is 2.30. The predicted molar refractivity (Wildman–Crippen MR) is 145 cm³/mol. The first-order valence-electron chi connectivity index (χ1n) is 11.8. The number of benzene rings is 1. The number of methoxy groups -OCH3 is 2. The zero-order valence-electron chi connectivity index (χ0n) is 20.4. The van der Waals surface area contributed by atoms with E-state index in [4.69, 9.17) is 19.2 Å². The number of pyridine rings is 2. The van der Waals surface area contributed by atoms with Crippen LogP contribution < -0.4 is 14.4 Å². The van der Waals surface area contributed by atoms with E-state index < -0.39 is 5.97 Å². The number of nitrogens with zero attached hydrogens (tertiary/aromatic N) is 4. The van der Waals surface area contributed by atoms with Crippen molar-refractivity contribution in [2.45, 2.75) is 19.9 Å². The molecule has 3 aromatic rings. The second kappa shape index (κ2) is 11.9. The Hall–Kier alpha value is -2.66.